The molecule has 0 amide bonds. The van der Waals surface area contributed by atoms with Gasteiger partial charge in [-0.15, -0.1) is 0 Å². The van der Waals surface area contributed by atoms with Gasteiger partial charge in [0.05, 0.1) is 17.7 Å². The molecule has 7 heteroatoms. The lowest BCUT2D eigenvalue weighted by Crippen LogP contribution is -2.26. The number of carbonyl (C=O) groups excluding carboxylic acids is 1. The highest BCUT2D eigenvalue weighted by atomic mass is 32.2. The van der Waals surface area contributed by atoms with Crippen LogP contribution >= 0.6 is 0 Å². The van der Waals surface area contributed by atoms with E-state index in [-0.39, 0.29) is 17.2 Å². The Kier molecular flexibility index (Phi) is 5.11. The maximum atomic E-state index is 12.3. The summed E-state index contributed by atoms with van der Waals surface area (Å²) in [6.45, 7) is 1.68. The number of H-pyrrole nitrogens is 1. The average molecular weight is 372 g/mol. The molecule has 0 fully saturated rings. The molecular weight excluding hydrogens is 352 g/mol. The summed E-state index contributed by atoms with van der Waals surface area (Å²) in [5, 5.41) is 0.884. The SMILES string of the molecule is COc1ccc2c(CCNS(=O)(=O)c3ccccc3)c(C(C)=O)[nH]c2c1. The molecule has 0 bridgehead atoms. The van der Waals surface area contributed by atoms with Crippen LogP contribution in [0.5, 0.6) is 5.75 Å². The van der Waals surface area contributed by atoms with Gasteiger partial charge in [-0.05, 0) is 36.2 Å². The minimum absolute atomic E-state index is 0.0962. The van der Waals surface area contributed by atoms with E-state index in [0.29, 0.717) is 17.9 Å². The van der Waals surface area contributed by atoms with Crippen LogP contribution in [0.3, 0.4) is 0 Å². The molecule has 1 heterocycles. The van der Waals surface area contributed by atoms with Gasteiger partial charge >= 0.3 is 0 Å². The molecule has 2 N–H and O–H groups in total. The maximum Gasteiger partial charge on any atom is 0.240 e. The Balaban J connectivity index is 1.84. The zero-order chi connectivity index (χ0) is 18.7. The Morgan fingerprint density at radius 1 is 1.15 bits per heavy atom. The number of rotatable bonds is 7. The van der Waals surface area contributed by atoms with E-state index < -0.39 is 10.0 Å². The van der Waals surface area contributed by atoms with Crippen LogP contribution < -0.4 is 9.46 Å². The largest absolute Gasteiger partial charge is 0.497 e. The van der Waals surface area contributed by atoms with Gasteiger partial charge in [-0.1, -0.05) is 18.2 Å². The molecule has 0 aliphatic rings. The van der Waals surface area contributed by atoms with Crippen molar-refractivity contribution in [1.29, 1.82) is 0 Å². The van der Waals surface area contributed by atoms with Crippen LogP contribution in [0.4, 0.5) is 0 Å². The van der Waals surface area contributed by atoms with Gasteiger partial charge in [-0.3, -0.25) is 4.79 Å². The first-order valence-electron chi connectivity index (χ1n) is 8.16. The topological polar surface area (TPSA) is 88.3 Å². The fourth-order valence-corrected chi connectivity index (χ4v) is 3.97. The van der Waals surface area contributed by atoms with Gasteiger partial charge < -0.3 is 9.72 Å². The lowest BCUT2D eigenvalue weighted by atomic mass is 10.1. The van der Waals surface area contributed by atoms with Crippen molar-refractivity contribution < 1.29 is 17.9 Å². The molecule has 136 valence electrons. The van der Waals surface area contributed by atoms with Gasteiger partial charge in [0.15, 0.2) is 5.78 Å². The standard InChI is InChI=1S/C19H20N2O4S/c1-13(22)19-17(16-9-8-14(25-2)12-18(16)21-19)10-11-20-26(23,24)15-6-4-3-5-7-15/h3-9,12,20-21H,10-11H2,1-2H3. The van der Waals surface area contributed by atoms with Gasteiger partial charge in [0.1, 0.15) is 5.75 Å². The number of ether oxygens (including phenoxy) is 1. The number of Topliss-reactive ketones (excluding diaryl/α,β-unsaturated/α-hetero) is 1. The molecule has 0 radical (unpaired) electrons. The molecule has 0 saturated carbocycles. The van der Waals surface area contributed by atoms with Gasteiger partial charge in [-0.2, -0.15) is 0 Å². The van der Waals surface area contributed by atoms with Gasteiger partial charge in [-0.25, -0.2) is 13.1 Å². The number of fused-ring (bicyclic) bond motifs is 1. The third kappa shape index (κ3) is 3.63. The van der Waals surface area contributed by atoms with Crippen molar-refractivity contribution in [1.82, 2.24) is 9.71 Å². The quantitative estimate of drug-likeness (QED) is 0.624. The fraction of sp³-hybridized carbons (Fsp3) is 0.211. The second-order valence-electron chi connectivity index (χ2n) is 5.91. The van der Waals surface area contributed by atoms with E-state index in [4.69, 9.17) is 4.74 Å². The number of nitrogens with one attached hydrogen (secondary N) is 2. The molecule has 3 aromatic rings. The molecule has 6 nitrogen and oxygen atoms in total. The highest BCUT2D eigenvalue weighted by molar-refractivity contribution is 7.89. The maximum absolute atomic E-state index is 12.3. The second kappa shape index (κ2) is 7.31. The van der Waals surface area contributed by atoms with Crippen LogP contribution in [0.25, 0.3) is 10.9 Å². The highest BCUT2D eigenvalue weighted by Gasteiger charge is 2.17. The number of ketones is 1. The molecule has 0 spiro atoms. The Hall–Kier alpha value is -2.64. The van der Waals surface area contributed by atoms with E-state index in [0.717, 1.165) is 16.5 Å². The summed E-state index contributed by atoms with van der Waals surface area (Å²) < 4.78 is 32.4. The van der Waals surface area contributed by atoms with Crippen molar-refractivity contribution in [3.8, 4) is 5.75 Å². The molecule has 0 aliphatic heterocycles. The van der Waals surface area contributed by atoms with Gasteiger partial charge in [0.2, 0.25) is 10.0 Å². The Labute approximate surface area is 152 Å². The molecular formula is C19H20N2O4S. The van der Waals surface area contributed by atoms with Crippen molar-refractivity contribution >= 4 is 26.7 Å². The van der Waals surface area contributed by atoms with Crippen LogP contribution in [0.1, 0.15) is 23.0 Å². The average Bonchev–Trinajstić information content (AvgIpc) is 3.00. The molecule has 3 rings (SSSR count). The third-order valence-corrected chi connectivity index (χ3v) is 5.66. The zero-order valence-corrected chi connectivity index (χ0v) is 15.4. The molecule has 0 aliphatic carbocycles. The zero-order valence-electron chi connectivity index (χ0n) is 14.6. The number of methoxy groups -OCH3 is 1. The lowest BCUT2D eigenvalue weighted by Gasteiger charge is -2.07. The Morgan fingerprint density at radius 2 is 1.88 bits per heavy atom. The Bertz CT molecular complexity index is 1040. The van der Waals surface area contributed by atoms with Crippen LogP contribution in [0, 0.1) is 0 Å². The molecule has 0 saturated heterocycles. The van der Waals surface area contributed by atoms with Crippen molar-refractivity contribution in [2.45, 2.75) is 18.2 Å². The second-order valence-corrected chi connectivity index (χ2v) is 7.67. The minimum Gasteiger partial charge on any atom is -0.497 e. The normalized spacial score (nSPS) is 11.6. The monoisotopic (exact) mass is 372 g/mol. The van der Waals surface area contributed by atoms with Crippen LogP contribution in [-0.4, -0.2) is 32.8 Å². The third-order valence-electron chi connectivity index (χ3n) is 4.19. The smallest absolute Gasteiger partial charge is 0.240 e. The van der Waals surface area contributed by atoms with Crippen molar-refractivity contribution in [2.75, 3.05) is 13.7 Å². The van der Waals surface area contributed by atoms with E-state index in [9.17, 15) is 13.2 Å². The fourth-order valence-electron chi connectivity index (χ4n) is 2.92. The van der Waals surface area contributed by atoms with Crippen molar-refractivity contribution in [3.63, 3.8) is 0 Å². The summed E-state index contributed by atoms with van der Waals surface area (Å²) in [7, 11) is -2.00. The molecule has 2 aromatic carbocycles. The van der Waals surface area contributed by atoms with E-state index in [1.165, 1.54) is 6.92 Å². The summed E-state index contributed by atoms with van der Waals surface area (Å²) in [6, 6.07) is 13.7. The molecule has 0 atom stereocenters. The van der Waals surface area contributed by atoms with Crippen molar-refractivity contribution in [3.05, 3.63) is 59.8 Å². The van der Waals surface area contributed by atoms with Crippen LogP contribution in [0.2, 0.25) is 0 Å². The number of hydrogen-bond acceptors (Lipinski definition) is 4. The van der Waals surface area contributed by atoms with Crippen LogP contribution in [0.15, 0.2) is 53.4 Å². The van der Waals surface area contributed by atoms with Crippen LogP contribution in [-0.2, 0) is 16.4 Å². The molecule has 26 heavy (non-hydrogen) atoms. The number of hydrogen-bond donors (Lipinski definition) is 2. The number of carbonyl (C=O) groups is 1. The lowest BCUT2D eigenvalue weighted by molar-refractivity contribution is 0.101. The number of aromatic nitrogens is 1. The first-order valence-corrected chi connectivity index (χ1v) is 9.65. The summed E-state index contributed by atoms with van der Waals surface area (Å²) in [6.07, 6.45) is 0.396. The highest BCUT2D eigenvalue weighted by Crippen LogP contribution is 2.27. The summed E-state index contributed by atoms with van der Waals surface area (Å²) in [5.74, 6) is 0.589. The predicted molar refractivity (Wildman–Crippen MR) is 100 cm³/mol. The molecule has 1 aromatic heterocycles. The first-order chi connectivity index (χ1) is 12.4. The Morgan fingerprint density at radius 3 is 2.54 bits per heavy atom. The number of benzene rings is 2. The summed E-state index contributed by atoms with van der Waals surface area (Å²) in [4.78, 5) is 15.3. The van der Waals surface area contributed by atoms with E-state index in [1.54, 1.807) is 37.4 Å². The van der Waals surface area contributed by atoms with Gasteiger partial charge in [0.25, 0.3) is 0 Å². The summed E-state index contributed by atoms with van der Waals surface area (Å²) in [5.41, 5.74) is 2.08. The van der Waals surface area contributed by atoms with Crippen molar-refractivity contribution in [2.24, 2.45) is 0 Å². The minimum atomic E-state index is -3.58. The first kappa shape index (κ1) is 18.2. The predicted octanol–water partition coefficient (Wildman–Crippen LogP) is 2.90. The number of sulfonamides is 1. The van der Waals surface area contributed by atoms with E-state index in [1.807, 2.05) is 18.2 Å². The van der Waals surface area contributed by atoms with E-state index >= 15 is 0 Å². The van der Waals surface area contributed by atoms with Gasteiger partial charge in [0, 0.05) is 30.4 Å². The van der Waals surface area contributed by atoms with E-state index in [2.05, 4.69) is 9.71 Å². The molecule has 0 unspecified atom stereocenters. The summed E-state index contributed by atoms with van der Waals surface area (Å²) >= 11 is 0. The number of aromatic amines is 1.